The number of para-hydroxylation sites is 1. The molecule has 0 heterocycles. The molecule has 32 heavy (non-hydrogen) atoms. The van der Waals surface area contributed by atoms with Gasteiger partial charge in [-0.1, -0.05) is 102 Å². The second-order valence-electron chi connectivity index (χ2n) is 7.75. The van der Waals surface area contributed by atoms with Gasteiger partial charge in [0.1, 0.15) is 5.75 Å². The number of hydrogen-bond donors (Lipinski definition) is 1. The van der Waals surface area contributed by atoms with Crippen LogP contribution in [-0.4, -0.2) is 18.4 Å². The molecule has 4 aromatic rings. The first-order valence-electron chi connectivity index (χ1n) is 10.6. The van der Waals surface area contributed by atoms with Crippen LogP contribution in [0.2, 0.25) is 0 Å². The van der Waals surface area contributed by atoms with Gasteiger partial charge in [-0.3, -0.25) is 0 Å². The Hall–Kier alpha value is -3.26. The average molecular weight is 441 g/mol. The highest BCUT2D eigenvalue weighted by atomic mass is 31.1. The highest BCUT2D eigenvalue weighted by molar-refractivity contribution is 7.53. The van der Waals surface area contributed by atoms with Crippen molar-refractivity contribution in [3.8, 4) is 5.75 Å². The molecule has 0 aliphatic carbocycles. The number of benzene rings is 4. The molecule has 4 aromatic carbocycles. The Morgan fingerprint density at radius 2 is 1.22 bits per heavy atom. The van der Waals surface area contributed by atoms with E-state index in [1.807, 2.05) is 109 Å². The largest absolute Gasteiger partial charge is 0.496 e. The molecule has 3 nitrogen and oxygen atoms in total. The van der Waals surface area contributed by atoms with Crippen molar-refractivity contribution in [1.29, 1.82) is 0 Å². The molecule has 0 spiro atoms. The molecule has 0 radical (unpaired) electrons. The third-order valence-corrected chi connectivity index (χ3v) is 7.43. The van der Waals surface area contributed by atoms with E-state index >= 15 is 0 Å². The minimum atomic E-state index is -1.88. The summed E-state index contributed by atoms with van der Waals surface area (Å²) in [6, 6.07) is 34.6. The van der Waals surface area contributed by atoms with Gasteiger partial charge in [-0.05, 0) is 28.8 Å². The van der Waals surface area contributed by atoms with E-state index in [1.165, 1.54) is 0 Å². The Balaban J connectivity index is 1.70. The van der Waals surface area contributed by atoms with Crippen LogP contribution < -0.4 is 10.0 Å². The smallest absolute Gasteiger partial charge is 0.380 e. The van der Waals surface area contributed by atoms with Gasteiger partial charge >= 0.3 is 7.80 Å². The van der Waals surface area contributed by atoms with E-state index < -0.39 is 13.4 Å². The maximum atomic E-state index is 13.7. The normalized spacial score (nSPS) is 11.8. The third kappa shape index (κ3) is 4.65. The fourth-order valence-corrected chi connectivity index (χ4v) is 5.71. The number of rotatable bonds is 8. The zero-order valence-corrected chi connectivity index (χ0v) is 18.9. The molecule has 0 aliphatic heterocycles. The van der Waals surface area contributed by atoms with Gasteiger partial charge in [0.25, 0.3) is 0 Å². The summed E-state index contributed by atoms with van der Waals surface area (Å²) in [4.78, 5) is 0. The number of aliphatic hydroxyl groups is 1. The summed E-state index contributed by atoms with van der Waals surface area (Å²) in [5, 5.41) is 12.6. The predicted molar refractivity (Wildman–Crippen MR) is 130 cm³/mol. The molecule has 0 aromatic heterocycles. The summed E-state index contributed by atoms with van der Waals surface area (Å²) in [5.41, 5.74) is 2.12. The fraction of sp³-hybridized carbons (Fsp3) is 0.143. The topological polar surface area (TPSA) is 46.5 Å². The summed E-state index contributed by atoms with van der Waals surface area (Å²) >= 11 is 0. The maximum absolute atomic E-state index is 13.7. The van der Waals surface area contributed by atoms with Crippen LogP contribution in [0.3, 0.4) is 0 Å². The van der Waals surface area contributed by atoms with Gasteiger partial charge in [-0.15, -0.1) is 0 Å². The van der Waals surface area contributed by atoms with Gasteiger partial charge in [0.05, 0.1) is 7.11 Å². The third-order valence-electron chi connectivity index (χ3n) is 5.71. The molecule has 4 rings (SSSR count). The second kappa shape index (κ2) is 9.91. The minimum Gasteiger partial charge on any atom is -0.496 e. The number of methoxy groups -OCH3 is 1. The molecule has 0 bridgehead atoms. The van der Waals surface area contributed by atoms with Crippen molar-refractivity contribution >= 4 is 13.1 Å². The zero-order valence-electron chi connectivity index (χ0n) is 18.0. The molecule has 1 atom stereocenters. The van der Waals surface area contributed by atoms with Crippen LogP contribution in [0.5, 0.6) is 5.75 Å². The molecule has 0 saturated heterocycles. The quantitative estimate of drug-likeness (QED) is 0.358. The molecule has 4 heteroatoms. The van der Waals surface area contributed by atoms with Crippen LogP contribution in [0.25, 0.3) is 0 Å². The lowest BCUT2D eigenvalue weighted by molar-refractivity contribution is 0.106. The van der Waals surface area contributed by atoms with Crippen molar-refractivity contribution in [2.24, 2.45) is 0 Å². The van der Waals surface area contributed by atoms with Gasteiger partial charge in [0.15, 0.2) is 17.1 Å². The Labute approximate surface area is 190 Å². The summed E-state index contributed by atoms with van der Waals surface area (Å²) < 4.78 is 19.2. The number of hydrogen-bond acceptors (Lipinski definition) is 3. The van der Waals surface area contributed by atoms with E-state index in [1.54, 1.807) is 7.11 Å². The molecular formula is C28H26O3P+. The van der Waals surface area contributed by atoms with Crippen LogP contribution >= 0.6 is 7.80 Å². The van der Waals surface area contributed by atoms with Gasteiger partial charge in [-0.2, -0.15) is 0 Å². The van der Waals surface area contributed by atoms with Gasteiger partial charge in [0, 0.05) is 12.0 Å². The zero-order chi connectivity index (χ0) is 22.4. The molecular weight excluding hydrogens is 415 g/mol. The van der Waals surface area contributed by atoms with E-state index in [0.29, 0.717) is 6.42 Å². The SMILES string of the molecule is COc1ccccc1Cc1ccccc1[P+](=O)CC(O)(c1ccccc1)c1ccccc1. The van der Waals surface area contributed by atoms with Crippen LogP contribution in [0, 0.1) is 0 Å². The van der Waals surface area contributed by atoms with Crippen LogP contribution in [0.4, 0.5) is 0 Å². The maximum Gasteiger partial charge on any atom is 0.380 e. The van der Waals surface area contributed by atoms with E-state index in [9.17, 15) is 9.67 Å². The Bertz CT molecular complexity index is 1150. The van der Waals surface area contributed by atoms with E-state index in [0.717, 1.165) is 33.3 Å². The number of ether oxygens (including phenoxy) is 1. The predicted octanol–water partition coefficient (Wildman–Crippen LogP) is 5.67. The van der Waals surface area contributed by atoms with E-state index in [4.69, 9.17) is 4.74 Å². The Kier molecular flexibility index (Phi) is 6.80. The van der Waals surface area contributed by atoms with Crippen molar-refractivity contribution in [2.45, 2.75) is 12.0 Å². The summed E-state index contributed by atoms with van der Waals surface area (Å²) in [7, 11) is -0.225. The molecule has 1 unspecified atom stereocenters. The molecule has 1 N–H and O–H groups in total. The molecule has 0 amide bonds. The van der Waals surface area contributed by atoms with Crippen molar-refractivity contribution in [1.82, 2.24) is 0 Å². The standard InChI is InChI=1S/C28H26O3P/c1-31-26-18-10-8-12-22(26)20-23-13-9-11-19-27(23)32(30)21-28(29,24-14-4-2-5-15-24)25-16-6-3-7-17-25/h2-19,29H,20-21H2,1H3/q+1. The Morgan fingerprint density at radius 3 is 1.81 bits per heavy atom. The van der Waals surface area contributed by atoms with Crippen LogP contribution in [0.1, 0.15) is 22.3 Å². The first-order valence-corrected chi connectivity index (χ1v) is 12.0. The highest BCUT2D eigenvalue weighted by Crippen LogP contribution is 2.38. The minimum absolute atomic E-state index is 0.0965. The fourth-order valence-electron chi connectivity index (χ4n) is 4.03. The Morgan fingerprint density at radius 1 is 0.719 bits per heavy atom. The van der Waals surface area contributed by atoms with Crippen LogP contribution in [0.15, 0.2) is 109 Å². The summed E-state index contributed by atoms with van der Waals surface area (Å²) in [6.45, 7) is 0. The molecule has 0 fully saturated rings. The van der Waals surface area contributed by atoms with Crippen molar-refractivity contribution in [3.63, 3.8) is 0 Å². The van der Waals surface area contributed by atoms with Crippen LogP contribution in [-0.2, 0) is 16.6 Å². The van der Waals surface area contributed by atoms with Crippen molar-refractivity contribution in [2.75, 3.05) is 13.3 Å². The van der Waals surface area contributed by atoms with Gasteiger partial charge in [-0.25, -0.2) is 0 Å². The molecule has 0 aliphatic rings. The van der Waals surface area contributed by atoms with Gasteiger partial charge < -0.3 is 9.84 Å². The first kappa shape index (κ1) is 22.0. The van der Waals surface area contributed by atoms with Crippen molar-refractivity contribution < 1.29 is 14.4 Å². The first-order chi connectivity index (χ1) is 15.6. The monoisotopic (exact) mass is 441 g/mol. The lowest BCUT2D eigenvalue weighted by Crippen LogP contribution is -2.31. The van der Waals surface area contributed by atoms with Gasteiger partial charge in [0.2, 0.25) is 0 Å². The second-order valence-corrected chi connectivity index (χ2v) is 9.30. The van der Waals surface area contributed by atoms with E-state index in [2.05, 4.69) is 0 Å². The molecule has 0 saturated carbocycles. The van der Waals surface area contributed by atoms with Crippen molar-refractivity contribution in [3.05, 3.63) is 131 Å². The van der Waals surface area contributed by atoms with E-state index in [-0.39, 0.29) is 6.16 Å². The highest BCUT2D eigenvalue weighted by Gasteiger charge is 2.41. The molecule has 160 valence electrons. The summed E-state index contributed by atoms with van der Waals surface area (Å²) in [5.74, 6) is 0.808. The average Bonchev–Trinajstić information content (AvgIpc) is 2.85. The summed E-state index contributed by atoms with van der Waals surface area (Å²) in [6.07, 6.45) is 0.704. The lowest BCUT2D eigenvalue weighted by Gasteiger charge is -2.25. The lowest BCUT2D eigenvalue weighted by atomic mass is 9.88.